The Balaban J connectivity index is 1.84. The first-order valence-corrected chi connectivity index (χ1v) is 7.32. The van der Waals surface area contributed by atoms with Gasteiger partial charge in [-0.2, -0.15) is 0 Å². The zero-order valence-corrected chi connectivity index (χ0v) is 12.4. The molecule has 2 heterocycles. The summed E-state index contributed by atoms with van der Waals surface area (Å²) in [6.07, 6.45) is 2.04. The van der Waals surface area contributed by atoms with Crippen LogP contribution in [0.3, 0.4) is 0 Å². The van der Waals surface area contributed by atoms with Crippen LogP contribution in [0.15, 0.2) is 0 Å². The molecule has 2 aliphatic heterocycles. The van der Waals surface area contributed by atoms with E-state index in [0.29, 0.717) is 12.1 Å². The summed E-state index contributed by atoms with van der Waals surface area (Å²) in [6.45, 7) is 8.79. The maximum atomic E-state index is 11.9. The molecule has 0 aromatic rings. The Hall–Kier alpha value is -0.650. The lowest BCUT2D eigenvalue weighted by molar-refractivity contribution is -0.129. The molecule has 0 radical (unpaired) electrons. The molecule has 0 aromatic carbocycles. The highest BCUT2D eigenvalue weighted by Gasteiger charge is 2.41. The molecule has 2 rings (SSSR count). The van der Waals surface area contributed by atoms with Crippen LogP contribution in [0.5, 0.6) is 0 Å². The van der Waals surface area contributed by atoms with Crippen molar-refractivity contribution in [2.24, 2.45) is 5.41 Å². The van der Waals surface area contributed by atoms with Crippen molar-refractivity contribution in [3.63, 3.8) is 0 Å². The number of carbonyl (C=O) groups excluding carboxylic acids is 1. The van der Waals surface area contributed by atoms with Crippen LogP contribution in [0.4, 0.5) is 0 Å². The van der Waals surface area contributed by atoms with Crippen LogP contribution in [-0.4, -0.2) is 62.8 Å². The predicted octanol–water partition coefficient (Wildman–Crippen LogP) is 0.211. The fraction of sp³-hybridized carbons (Fsp3) is 0.929. The minimum Gasteiger partial charge on any atom is -0.379 e. The molecule has 3 unspecified atom stereocenters. The van der Waals surface area contributed by atoms with Crippen LogP contribution >= 0.6 is 0 Å². The zero-order chi connectivity index (χ0) is 13.9. The van der Waals surface area contributed by atoms with E-state index < -0.39 is 0 Å². The second kappa shape index (κ2) is 6.20. The third kappa shape index (κ3) is 3.46. The minimum absolute atomic E-state index is 0.168. The zero-order valence-electron chi connectivity index (χ0n) is 12.4. The normalized spacial score (nSPS) is 34.2. The molecule has 2 fully saturated rings. The smallest absolute Gasteiger partial charge is 0.227 e. The number of nitrogens with zero attached hydrogens (tertiary/aromatic N) is 1. The minimum atomic E-state index is -0.223. The molecule has 2 saturated heterocycles. The summed E-state index contributed by atoms with van der Waals surface area (Å²) in [5, 5.41) is 6.29. The molecule has 5 heteroatoms. The Morgan fingerprint density at radius 3 is 3.05 bits per heavy atom. The second-order valence-corrected chi connectivity index (χ2v) is 6.17. The molecule has 2 N–H and O–H groups in total. The molecule has 0 aromatic heterocycles. The monoisotopic (exact) mass is 269 g/mol. The Kier molecular flexibility index (Phi) is 4.81. The highest BCUT2D eigenvalue weighted by molar-refractivity contribution is 5.82. The number of ether oxygens (including phenoxy) is 1. The van der Waals surface area contributed by atoms with Gasteiger partial charge in [-0.05, 0) is 33.2 Å². The van der Waals surface area contributed by atoms with Crippen LogP contribution in [0.1, 0.15) is 26.7 Å². The quantitative estimate of drug-likeness (QED) is 0.766. The van der Waals surface area contributed by atoms with Gasteiger partial charge in [0.2, 0.25) is 5.91 Å². The number of carbonyl (C=O) groups is 1. The third-order valence-corrected chi connectivity index (χ3v) is 4.53. The number of hydrogen-bond donors (Lipinski definition) is 2. The number of likely N-dealkylation sites (tertiary alicyclic amines) is 1. The standard InChI is InChI=1S/C14H27N3O2/c1-11(8-12-9-19-7-5-16-12)17-6-4-14(2,10-17)13(18)15-3/h11-12,16H,4-10H2,1-3H3,(H,15,18). The van der Waals surface area contributed by atoms with Crippen molar-refractivity contribution in [1.29, 1.82) is 0 Å². The molecule has 0 bridgehead atoms. The molecule has 5 nitrogen and oxygen atoms in total. The van der Waals surface area contributed by atoms with E-state index in [1.807, 2.05) is 0 Å². The predicted molar refractivity (Wildman–Crippen MR) is 75.1 cm³/mol. The summed E-state index contributed by atoms with van der Waals surface area (Å²) < 4.78 is 5.50. The fourth-order valence-corrected chi connectivity index (χ4v) is 3.19. The summed E-state index contributed by atoms with van der Waals surface area (Å²) in [5.74, 6) is 0.168. The van der Waals surface area contributed by atoms with E-state index in [-0.39, 0.29) is 11.3 Å². The largest absolute Gasteiger partial charge is 0.379 e. The van der Waals surface area contributed by atoms with Crippen LogP contribution in [0.25, 0.3) is 0 Å². The van der Waals surface area contributed by atoms with Crippen LogP contribution < -0.4 is 10.6 Å². The molecule has 0 spiro atoms. The van der Waals surface area contributed by atoms with Crippen LogP contribution in [0.2, 0.25) is 0 Å². The Labute approximate surface area is 116 Å². The van der Waals surface area contributed by atoms with Gasteiger partial charge in [0.05, 0.1) is 18.6 Å². The first-order chi connectivity index (χ1) is 9.05. The van der Waals surface area contributed by atoms with Gasteiger partial charge in [-0.15, -0.1) is 0 Å². The highest BCUT2D eigenvalue weighted by Crippen LogP contribution is 2.32. The number of rotatable bonds is 4. The van der Waals surface area contributed by atoms with Crippen LogP contribution in [-0.2, 0) is 9.53 Å². The van der Waals surface area contributed by atoms with E-state index in [2.05, 4.69) is 29.4 Å². The summed E-state index contributed by atoms with van der Waals surface area (Å²) in [5.41, 5.74) is -0.223. The van der Waals surface area contributed by atoms with E-state index in [1.165, 1.54) is 0 Å². The van der Waals surface area contributed by atoms with Crippen molar-refractivity contribution in [2.75, 3.05) is 39.9 Å². The van der Waals surface area contributed by atoms with Crippen molar-refractivity contribution in [3.8, 4) is 0 Å². The molecule has 0 saturated carbocycles. The Morgan fingerprint density at radius 1 is 1.63 bits per heavy atom. The van der Waals surface area contributed by atoms with E-state index in [9.17, 15) is 4.79 Å². The first kappa shape index (κ1) is 14.8. The molecule has 2 aliphatic rings. The number of amides is 1. The lowest BCUT2D eigenvalue weighted by atomic mass is 9.89. The van der Waals surface area contributed by atoms with E-state index in [4.69, 9.17) is 4.74 Å². The number of nitrogens with one attached hydrogen (secondary N) is 2. The fourth-order valence-electron chi connectivity index (χ4n) is 3.19. The van der Waals surface area contributed by atoms with Gasteiger partial charge in [0, 0.05) is 32.2 Å². The average molecular weight is 269 g/mol. The molecular weight excluding hydrogens is 242 g/mol. The maximum absolute atomic E-state index is 11.9. The van der Waals surface area contributed by atoms with E-state index >= 15 is 0 Å². The second-order valence-electron chi connectivity index (χ2n) is 6.17. The van der Waals surface area contributed by atoms with Gasteiger partial charge in [-0.3, -0.25) is 9.69 Å². The van der Waals surface area contributed by atoms with Gasteiger partial charge >= 0.3 is 0 Å². The lowest BCUT2D eigenvalue weighted by Gasteiger charge is -2.31. The Bertz CT molecular complexity index is 318. The number of morpholine rings is 1. The molecule has 0 aliphatic carbocycles. The van der Waals surface area contributed by atoms with Gasteiger partial charge < -0.3 is 15.4 Å². The van der Waals surface area contributed by atoms with E-state index in [1.54, 1.807) is 7.05 Å². The molecule has 3 atom stereocenters. The summed E-state index contributed by atoms with van der Waals surface area (Å²) in [4.78, 5) is 14.4. The van der Waals surface area contributed by atoms with Gasteiger partial charge in [-0.1, -0.05) is 0 Å². The van der Waals surface area contributed by atoms with Crippen molar-refractivity contribution in [2.45, 2.75) is 38.8 Å². The first-order valence-electron chi connectivity index (χ1n) is 7.32. The topological polar surface area (TPSA) is 53.6 Å². The summed E-state index contributed by atoms with van der Waals surface area (Å²) in [7, 11) is 1.73. The van der Waals surface area contributed by atoms with Gasteiger partial charge in [-0.25, -0.2) is 0 Å². The molecule has 1 amide bonds. The highest BCUT2D eigenvalue weighted by atomic mass is 16.5. The molecule has 110 valence electrons. The SMILES string of the molecule is CNC(=O)C1(C)CCN(C(C)CC2COCCN2)C1. The average Bonchev–Trinajstić information content (AvgIpc) is 2.83. The van der Waals surface area contributed by atoms with E-state index in [0.717, 1.165) is 45.7 Å². The van der Waals surface area contributed by atoms with Crippen molar-refractivity contribution >= 4 is 5.91 Å². The lowest BCUT2D eigenvalue weighted by Crippen LogP contribution is -2.46. The van der Waals surface area contributed by atoms with Crippen molar-refractivity contribution in [3.05, 3.63) is 0 Å². The maximum Gasteiger partial charge on any atom is 0.227 e. The summed E-state index contributed by atoms with van der Waals surface area (Å²) >= 11 is 0. The Morgan fingerprint density at radius 2 is 2.42 bits per heavy atom. The van der Waals surface area contributed by atoms with Crippen LogP contribution in [0, 0.1) is 5.41 Å². The number of hydrogen-bond acceptors (Lipinski definition) is 4. The molecule has 19 heavy (non-hydrogen) atoms. The molecular formula is C14H27N3O2. The van der Waals surface area contributed by atoms with Gasteiger partial charge in [0.1, 0.15) is 0 Å². The summed E-state index contributed by atoms with van der Waals surface area (Å²) in [6, 6.07) is 0.946. The van der Waals surface area contributed by atoms with Gasteiger partial charge in [0.25, 0.3) is 0 Å². The van der Waals surface area contributed by atoms with Crippen molar-refractivity contribution in [1.82, 2.24) is 15.5 Å². The van der Waals surface area contributed by atoms with Gasteiger partial charge in [0.15, 0.2) is 0 Å². The third-order valence-electron chi connectivity index (χ3n) is 4.53. The van der Waals surface area contributed by atoms with Crippen molar-refractivity contribution < 1.29 is 9.53 Å².